The van der Waals surface area contributed by atoms with E-state index in [-0.39, 0.29) is 17.2 Å². The van der Waals surface area contributed by atoms with Crippen LogP contribution < -0.4 is 14.4 Å². The van der Waals surface area contributed by atoms with Crippen LogP contribution in [0.3, 0.4) is 0 Å². The molecule has 4 rings (SSSR count). The SMILES string of the molecule is CCOC(=O)c1c(NC(=O)CN(c2ccccc2OC)S(=O)(=O)c2ccc(C)cc2)sc2c1CCCC2. The monoisotopic (exact) mass is 542 g/mol. The molecular weight excluding hydrogens is 512 g/mol. The molecule has 1 heterocycles. The van der Waals surface area contributed by atoms with Gasteiger partial charge in [-0.2, -0.15) is 0 Å². The molecule has 0 saturated carbocycles. The van der Waals surface area contributed by atoms with Crippen molar-refractivity contribution in [3.05, 3.63) is 70.1 Å². The number of ether oxygens (including phenoxy) is 2. The van der Waals surface area contributed by atoms with Gasteiger partial charge in [0.05, 0.1) is 29.9 Å². The van der Waals surface area contributed by atoms with Gasteiger partial charge < -0.3 is 14.8 Å². The van der Waals surface area contributed by atoms with E-state index in [9.17, 15) is 18.0 Å². The van der Waals surface area contributed by atoms with Crippen LogP contribution in [-0.2, 0) is 32.4 Å². The average molecular weight is 543 g/mol. The molecule has 1 aliphatic rings. The highest BCUT2D eigenvalue weighted by Crippen LogP contribution is 2.39. The second-order valence-electron chi connectivity index (χ2n) is 8.68. The Morgan fingerprint density at radius 3 is 2.46 bits per heavy atom. The van der Waals surface area contributed by atoms with Gasteiger partial charge in [-0.3, -0.25) is 9.10 Å². The topological polar surface area (TPSA) is 102 Å². The number of sulfonamides is 1. The number of para-hydroxylation sites is 2. The number of esters is 1. The first-order valence-corrected chi connectivity index (χ1v) is 14.4. The lowest BCUT2D eigenvalue weighted by Gasteiger charge is -2.25. The average Bonchev–Trinajstić information content (AvgIpc) is 3.25. The van der Waals surface area contributed by atoms with Gasteiger partial charge in [-0.25, -0.2) is 13.2 Å². The zero-order valence-corrected chi connectivity index (χ0v) is 22.7. The maximum absolute atomic E-state index is 13.7. The number of carbonyl (C=O) groups excluding carboxylic acids is 2. The second-order valence-corrected chi connectivity index (χ2v) is 11.6. The first-order valence-electron chi connectivity index (χ1n) is 12.1. The third kappa shape index (κ3) is 5.65. The van der Waals surface area contributed by atoms with E-state index in [1.54, 1.807) is 43.3 Å². The lowest BCUT2D eigenvalue weighted by molar-refractivity contribution is -0.114. The second kappa shape index (κ2) is 11.4. The van der Waals surface area contributed by atoms with Crippen molar-refractivity contribution in [3.63, 3.8) is 0 Å². The van der Waals surface area contributed by atoms with Crippen molar-refractivity contribution in [1.82, 2.24) is 0 Å². The first kappa shape index (κ1) is 26.7. The third-order valence-electron chi connectivity index (χ3n) is 6.15. The van der Waals surface area contributed by atoms with Crippen molar-refractivity contribution < 1.29 is 27.5 Å². The Kier molecular flexibility index (Phi) is 8.19. The predicted molar refractivity (Wildman–Crippen MR) is 144 cm³/mol. The fourth-order valence-corrected chi connectivity index (χ4v) is 7.07. The Balaban J connectivity index is 1.70. The van der Waals surface area contributed by atoms with E-state index in [2.05, 4.69) is 5.32 Å². The van der Waals surface area contributed by atoms with Crippen molar-refractivity contribution in [3.8, 4) is 5.75 Å². The molecule has 196 valence electrons. The Hall–Kier alpha value is -3.37. The van der Waals surface area contributed by atoms with E-state index >= 15 is 0 Å². The smallest absolute Gasteiger partial charge is 0.341 e. The quantitative estimate of drug-likeness (QED) is 0.384. The molecule has 2 aromatic carbocycles. The van der Waals surface area contributed by atoms with Gasteiger partial charge in [-0.05, 0) is 69.4 Å². The lowest BCUT2D eigenvalue weighted by atomic mass is 9.95. The van der Waals surface area contributed by atoms with Crippen LogP contribution >= 0.6 is 11.3 Å². The van der Waals surface area contributed by atoms with Crippen molar-refractivity contribution in [2.45, 2.75) is 44.4 Å². The predicted octanol–water partition coefficient (Wildman–Crippen LogP) is 4.95. The van der Waals surface area contributed by atoms with E-state index in [0.717, 1.165) is 46.0 Å². The fourth-order valence-electron chi connectivity index (χ4n) is 4.34. The molecule has 10 heteroatoms. The number of fused-ring (bicyclic) bond motifs is 1. The Bertz CT molecular complexity index is 1400. The first-order chi connectivity index (χ1) is 17.8. The zero-order chi connectivity index (χ0) is 26.6. The van der Waals surface area contributed by atoms with Crippen LogP contribution in [0.5, 0.6) is 5.75 Å². The van der Waals surface area contributed by atoms with Crippen LogP contribution in [-0.4, -0.2) is 40.6 Å². The molecule has 1 N–H and O–H groups in total. The maximum Gasteiger partial charge on any atom is 0.341 e. The summed E-state index contributed by atoms with van der Waals surface area (Å²) in [7, 11) is -2.68. The number of hydrogen-bond donors (Lipinski definition) is 1. The number of nitrogens with one attached hydrogen (secondary N) is 1. The normalized spacial score (nSPS) is 12.9. The fraction of sp³-hybridized carbons (Fsp3) is 0.333. The Morgan fingerprint density at radius 1 is 1.05 bits per heavy atom. The van der Waals surface area contributed by atoms with Gasteiger partial charge >= 0.3 is 5.97 Å². The van der Waals surface area contributed by atoms with Gasteiger partial charge in [0.2, 0.25) is 5.91 Å². The zero-order valence-electron chi connectivity index (χ0n) is 21.1. The minimum absolute atomic E-state index is 0.0515. The number of aryl methyl sites for hydroxylation is 2. The summed E-state index contributed by atoms with van der Waals surface area (Å²) in [5.74, 6) is -0.749. The molecule has 1 aromatic heterocycles. The molecule has 8 nitrogen and oxygen atoms in total. The van der Waals surface area contributed by atoms with Crippen LogP contribution in [0.15, 0.2) is 53.4 Å². The van der Waals surface area contributed by atoms with Gasteiger partial charge in [0.1, 0.15) is 17.3 Å². The van der Waals surface area contributed by atoms with E-state index in [0.29, 0.717) is 16.3 Å². The molecule has 1 aliphatic carbocycles. The molecule has 37 heavy (non-hydrogen) atoms. The molecule has 0 radical (unpaired) electrons. The number of hydrogen-bond acceptors (Lipinski definition) is 7. The van der Waals surface area contributed by atoms with E-state index < -0.39 is 28.4 Å². The van der Waals surface area contributed by atoms with Gasteiger partial charge in [0, 0.05) is 4.88 Å². The number of benzene rings is 2. The minimum Gasteiger partial charge on any atom is -0.495 e. The summed E-state index contributed by atoms with van der Waals surface area (Å²) in [5, 5.41) is 3.20. The van der Waals surface area contributed by atoms with E-state index in [1.807, 2.05) is 6.92 Å². The lowest BCUT2D eigenvalue weighted by Crippen LogP contribution is -2.38. The summed E-state index contributed by atoms with van der Waals surface area (Å²) in [6.45, 7) is 3.30. The van der Waals surface area contributed by atoms with Gasteiger partial charge in [0.25, 0.3) is 10.0 Å². The number of methoxy groups -OCH3 is 1. The molecular formula is C27H30N2O6S2. The van der Waals surface area contributed by atoms with Gasteiger partial charge in [-0.15, -0.1) is 11.3 Å². The highest BCUT2D eigenvalue weighted by atomic mass is 32.2. The summed E-state index contributed by atoms with van der Waals surface area (Å²) in [6.07, 6.45) is 3.54. The standard InChI is InChI=1S/C27H30N2O6S2/c1-4-35-27(31)25-20-9-5-8-12-23(20)36-26(25)28-24(30)17-29(21-10-6-7-11-22(21)34-3)37(32,33)19-15-13-18(2)14-16-19/h6-7,10-11,13-16H,4-5,8-9,12,17H2,1-3H3,(H,28,30). The maximum atomic E-state index is 13.7. The molecule has 0 spiro atoms. The van der Waals surface area contributed by atoms with Crippen LogP contribution in [0, 0.1) is 6.92 Å². The molecule has 1 amide bonds. The van der Waals surface area contributed by atoms with Gasteiger partial charge in [0.15, 0.2) is 0 Å². The number of anilines is 2. The van der Waals surface area contributed by atoms with Crippen LogP contribution in [0.25, 0.3) is 0 Å². The highest BCUT2D eigenvalue weighted by molar-refractivity contribution is 7.92. The van der Waals surface area contributed by atoms with E-state index in [1.165, 1.54) is 30.6 Å². The molecule has 0 fully saturated rings. The Labute approximate surface area is 221 Å². The summed E-state index contributed by atoms with van der Waals surface area (Å²) >= 11 is 1.36. The van der Waals surface area contributed by atoms with Crippen LogP contribution in [0.2, 0.25) is 0 Å². The molecule has 0 aliphatic heterocycles. The number of nitrogens with zero attached hydrogens (tertiary/aromatic N) is 1. The number of carbonyl (C=O) groups is 2. The molecule has 0 saturated heterocycles. The molecule has 0 atom stereocenters. The van der Waals surface area contributed by atoms with Crippen molar-refractivity contribution in [2.75, 3.05) is 29.9 Å². The number of thiophene rings is 1. The number of rotatable bonds is 9. The van der Waals surface area contributed by atoms with Crippen molar-refractivity contribution in [1.29, 1.82) is 0 Å². The summed E-state index contributed by atoms with van der Waals surface area (Å²) in [5.41, 5.74) is 2.43. The van der Waals surface area contributed by atoms with Crippen molar-refractivity contribution in [2.24, 2.45) is 0 Å². The minimum atomic E-state index is -4.12. The number of amides is 1. The molecule has 0 unspecified atom stereocenters. The summed E-state index contributed by atoms with van der Waals surface area (Å²) in [6, 6.07) is 13.1. The highest BCUT2D eigenvalue weighted by Gasteiger charge is 2.31. The van der Waals surface area contributed by atoms with Crippen molar-refractivity contribution >= 4 is 43.9 Å². The van der Waals surface area contributed by atoms with Crippen LogP contribution in [0.4, 0.5) is 10.7 Å². The summed E-state index contributed by atoms with van der Waals surface area (Å²) < 4.78 is 39.2. The van der Waals surface area contributed by atoms with Crippen LogP contribution in [0.1, 0.15) is 46.1 Å². The van der Waals surface area contributed by atoms with Gasteiger partial charge in [-0.1, -0.05) is 29.8 Å². The molecule has 3 aromatic rings. The summed E-state index contributed by atoms with van der Waals surface area (Å²) in [4.78, 5) is 27.3. The molecule has 0 bridgehead atoms. The third-order valence-corrected chi connectivity index (χ3v) is 9.14. The Morgan fingerprint density at radius 2 is 1.76 bits per heavy atom. The van der Waals surface area contributed by atoms with E-state index in [4.69, 9.17) is 9.47 Å². The largest absolute Gasteiger partial charge is 0.495 e.